The van der Waals surface area contributed by atoms with Crippen molar-refractivity contribution in [2.24, 2.45) is 0 Å². The number of carbonyl (C=O) groups excluding carboxylic acids is 2. The van der Waals surface area contributed by atoms with Crippen LogP contribution in [-0.2, 0) is 4.79 Å². The first-order chi connectivity index (χ1) is 8.08. The van der Waals surface area contributed by atoms with E-state index in [0.717, 1.165) is 4.90 Å². The van der Waals surface area contributed by atoms with E-state index in [9.17, 15) is 9.59 Å². The Labute approximate surface area is 104 Å². The molecule has 0 saturated carbocycles. The number of amides is 1. The molecule has 1 aromatic carbocycles. The number of ketones is 1. The Balaban J connectivity index is 2.82. The van der Waals surface area contributed by atoms with E-state index < -0.39 is 12.6 Å². The second-order valence-electron chi connectivity index (χ2n) is 3.53. The van der Waals surface area contributed by atoms with Crippen LogP contribution in [0, 0.1) is 0 Å². The zero-order chi connectivity index (χ0) is 12.8. The average Bonchev–Trinajstić information content (AvgIpc) is 2.35. The standard InChI is InChI=1S/C12H15NO3S/c1-8(15)13-11(7-14)12(16)9-3-5-10(17-2)6-4-9/h3-6,11,14H,7H2,1-2H3,(H,13,15). The van der Waals surface area contributed by atoms with Crippen LogP contribution in [0.5, 0.6) is 0 Å². The van der Waals surface area contributed by atoms with Crippen molar-refractivity contribution in [2.75, 3.05) is 12.9 Å². The molecule has 1 rings (SSSR count). The van der Waals surface area contributed by atoms with Crippen molar-refractivity contribution in [1.82, 2.24) is 5.32 Å². The Morgan fingerprint density at radius 3 is 2.35 bits per heavy atom. The van der Waals surface area contributed by atoms with E-state index in [1.54, 1.807) is 23.9 Å². The quantitative estimate of drug-likeness (QED) is 0.609. The molecule has 4 nitrogen and oxygen atoms in total. The molecule has 0 bridgehead atoms. The van der Waals surface area contributed by atoms with Gasteiger partial charge in [-0.3, -0.25) is 9.59 Å². The number of benzene rings is 1. The number of thioether (sulfide) groups is 1. The maximum absolute atomic E-state index is 11.9. The molecule has 92 valence electrons. The van der Waals surface area contributed by atoms with Crippen molar-refractivity contribution in [2.45, 2.75) is 17.9 Å². The Hall–Kier alpha value is -1.33. The molecule has 0 aromatic heterocycles. The highest BCUT2D eigenvalue weighted by molar-refractivity contribution is 7.98. The van der Waals surface area contributed by atoms with Crippen molar-refractivity contribution in [3.63, 3.8) is 0 Å². The van der Waals surface area contributed by atoms with Gasteiger partial charge in [-0.2, -0.15) is 0 Å². The predicted octanol–water partition coefficient (Wildman–Crippen LogP) is 1.09. The Kier molecular flexibility index (Phi) is 5.18. The second-order valence-corrected chi connectivity index (χ2v) is 4.41. The molecule has 0 fully saturated rings. The molecule has 1 aromatic rings. The van der Waals surface area contributed by atoms with Crippen LogP contribution >= 0.6 is 11.8 Å². The molecule has 17 heavy (non-hydrogen) atoms. The van der Waals surface area contributed by atoms with Gasteiger partial charge in [0.15, 0.2) is 5.78 Å². The van der Waals surface area contributed by atoms with E-state index in [-0.39, 0.29) is 11.7 Å². The molecule has 0 heterocycles. The molecule has 1 amide bonds. The molecule has 0 spiro atoms. The molecular formula is C12H15NO3S. The summed E-state index contributed by atoms with van der Waals surface area (Å²) < 4.78 is 0. The third kappa shape index (κ3) is 3.87. The minimum absolute atomic E-state index is 0.282. The van der Waals surface area contributed by atoms with E-state index in [2.05, 4.69) is 5.32 Å². The zero-order valence-corrected chi connectivity index (χ0v) is 10.6. The zero-order valence-electron chi connectivity index (χ0n) is 9.77. The normalized spacial score (nSPS) is 11.9. The van der Waals surface area contributed by atoms with Crippen molar-refractivity contribution in [1.29, 1.82) is 0 Å². The van der Waals surface area contributed by atoms with Gasteiger partial charge in [-0.05, 0) is 18.4 Å². The van der Waals surface area contributed by atoms with E-state index in [1.165, 1.54) is 6.92 Å². The molecule has 1 atom stereocenters. The molecule has 1 unspecified atom stereocenters. The topological polar surface area (TPSA) is 66.4 Å². The molecule has 0 aliphatic carbocycles. The van der Waals surface area contributed by atoms with Gasteiger partial charge in [0.1, 0.15) is 6.04 Å². The molecule has 0 aliphatic rings. The first-order valence-corrected chi connectivity index (χ1v) is 6.37. The monoisotopic (exact) mass is 253 g/mol. The van der Waals surface area contributed by atoms with Crippen LogP contribution in [-0.4, -0.2) is 35.7 Å². The number of Topliss-reactive ketones (excluding diaryl/α,β-unsaturated/α-hetero) is 1. The summed E-state index contributed by atoms with van der Waals surface area (Å²) in [5.41, 5.74) is 0.482. The van der Waals surface area contributed by atoms with Crippen LogP contribution in [0.1, 0.15) is 17.3 Å². The van der Waals surface area contributed by atoms with Gasteiger partial charge in [0.25, 0.3) is 0 Å². The average molecular weight is 253 g/mol. The molecule has 0 saturated heterocycles. The summed E-state index contributed by atoms with van der Waals surface area (Å²) in [6, 6.07) is 6.19. The number of rotatable bonds is 5. The summed E-state index contributed by atoms with van der Waals surface area (Å²) in [7, 11) is 0. The highest BCUT2D eigenvalue weighted by atomic mass is 32.2. The number of carbonyl (C=O) groups is 2. The largest absolute Gasteiger partial charge is 0.394 e. The summed E-state index contributed by atoms with van der Waals surface area (Å²) >= 11 is 1.58. The van der Waals surface area contributed by atoms with Gasteiger partial charge in [-0.25, -0.2) is 0 Å². The lowest BCUT2D eigenvalue weighted by atomic mass is 10.0. The van der Waals surface area contributed by atoms with Crippen LogP contribution in [0.15, 0.2) is 29.2 Å². The Morgan fingerprint density at radius 2 is 1.94 bits per heavy atom. The number of hydrogen-bond acceptors (Lipinski definition) is 4. The highest BCUT2D eigenvalue weighted by Gasteiger charge is 2.19. The van der Waals surface area contributed by atoms with Crippen LogP contribution in [0.4, 0.5) is 0 Å². The Bertz CT molecular complexity index is 403. The summed E-state index contributed by atoms with van der Waals surface area (Å²) in [4.78, 5) is 23.9. The van der Waals surface area contributed by atoms with Crippen molar-refractivity contribution in [3.05, 3.63) is 29.8 Å². The van der Waals surface area contributed by atoms with Crippen molar-refractivity contribution < 1.29 is 14.7 Å². The lowest BCUT2D eigenvalue weighted by Gasteiger charge is -2.13. The maximum Gasteiger partial charge on any atom is 0.217 e. The lowest BCUT2D eigenvalue weighted by Crippen LogP contribution is -2.42. The van der Waals surface area contributed by atoms with Gasteiger partial charge in [0, 0.05) is 17.4 Å². The number of aliphatic hydroxyl groups excluding tert-OH is 1. The minimum Gasteiger partial charge on any atom is -0.394 e. The van der Waals surface area contributed by atoms with Crippen LogP contribution in [0.3, 0.4) is 0 Å². The van der Waals surface area contributed by atoms with E-state index in [1.807, 2.05) is 18.4 Å². The number of aliphatic hydroxyl groups is 1. The highest BCUT2D eigenvalue weighted by Crippen LogP contribution is 2.15. The summed E-state index contributed by atoms with van der Waals surface area (Å²) in [6.45, 7) is 0.912. The van der Waals surface area contributed by atoms with Crippen LogP contribution < -0.4 is 5.32 Å². The van der Waals surface area contributed by atoms with Gasteiger partial charge in [-0.15, -0.1) is 11.8 Å². The van der Waals surface area contributed by atoms with Gasteiger partial charge in [-0.1, -0.05) is 12.1 Å². The third-order valence-corrected chi connectivity index (χ3v) is 2.99. The second kappa shape index (κ2) is 6.42. The summed E-state index contributed by atoms with van der Waals surface area (Å²) in [5, 5.41) is 11.5. The first kappa shape index (κ1) is 13.7. The molecule has 0 radical (unpaired) electrons. The fourth-order valence-corrected chi connectivity index (χ4v) is 1.80. The van der Waals surface area contributed by atoms with E-state index in [4.69, 9.17) is 5.11 Å². The van der Waals surface area contributed by atoms with Gasteiger partial charge < -0.3 is 10.4 Å². The third-order valence-electron chi connectivity index (χ3n) is 2.25. The minimum atomic E-state index is -0.868. The first-order valence-electron chi connectivity index (χ1n) is 5.14. The van der Waals surface area contributed by atoms with E-state index in [0.29, 0.717) is 5.56 Å². The van der Waals surface area contributed by atoms with Crippen LogP contribution in [0.25, 0.3) is 0 Å². The maximum atomic E-state index is 11.9. The number of hydrogen-bond donors (Lipinski definition) is 2. The van der Waals surface area contributed by atoms with Crippen molar-refractivity contribution in [3.8, 4) is 0 Å². The molecular weight excluding hydrogens is 238 g/mol. The smallest absolute Gasteiger partial charge is 0.217 e. The summed E-state index contributed by atoms with van der Waals surface area (Å²) in [5.74, 6) is -0.617. The molecule has 5 heteroatoms. The molecule has 0 aliphatic heterocycles. The van der Waals surface area contributed by atoms with E-state index >= 15 is 0 Å². The Morgan fingerprint density at radius 1 is 1.35 bits per heavy atom. The fraction of sp³-hybridized carbons (Fsp3) is 0.333. The predicted molar refractivity (Wildman–Crippen MR) is 67.2 cm³/mol. The summed E-state index contributed by atoms with van der Waals surface area (Å²) in [6.07, 6.45) is 1.95. The van der Waals surface area contributed by atoms with Gasteiger partial charge >= 0.3 is 0 Å². The number of nitrogens with one attached hydrogen (secondary N) is 1. The fourth-order valence-electron chi connectivity index (χ4n) is 1.40. The molecule has 2 N–H and O–H groups in total. The van der Waals surface area contributed by atoms with Gasteiger partial charge in [0.2, 0.25) is 5.91 Å². The van der Waals surface area contributed by atoms with Gasteiger partial charge in [0.05, 0.1) is 6.61 Å². The SMILES string of the molecule is CSc1ccc(C(=O)C(CO)NC(C)=O)cc1. The lowest BCUT2D eigenvalue weighted by molar-refractivity contribution is -0.119. The van der Waals surface area contributed by atoms with Crippen molar-refractivity contribution >= 4 is 23.5 Å². The van der Waals surface area contributed by atoms with Crippen LogP contribution in [0.2, 0.25) is 0 Å².